The average molecular weight is 261 g/mol. The van der Waals surface area contributed by atoms with Crippen LogP contribution in [0.25, 0.3) is 0 Å². The van der Waals surface area contributed by atoms with E-state index >= 15 is 0 Å². The van der Waals surface area contributed by atoms with Gasteiger partial charge in [-0.15, -0.1) is 0 Å². The summed E-state index contributed by atoms with van der Waals surface area (Å²) in [6, 6.07) is 6.74. The van der Waals surface area contributed by atoms with Crippen LogP contribution in [0, 0.1) is 0 Å². The van der Waals surface area contributed by atoms with Gasteiger partial charge in [0.25, 0.3) is 0 Å². The minimum Gasteiger partial charge on any atom is -0.308 e. The summed E-state index contributed by atoms with van der Waals surface area (Å²) in [6.07, 6.45) is 4.12. The molecule has 3 N–H and O–H groups in total. The number of aromatic nitrogens is 1. The fourth-order valence-electron chi connectivity index (χ4n) is 3.24. The predicted molar refractivity (Wildman–Crippen MR) is 76.5 cm³/mol. The van der Waals surface area contributed by atoms with Gasteiger partial charge in [-0.1, -0.05) is 12.5 Å². The lowest BCUT2D eigenvalue weighted by Gasteiger charge is -2.44. The van der Waals surface area contributed by atoms with E-state index in [-0.39, 0.29) is 0 Å². The molecule has 0 bridgehead atoms. The minimum absolute atomic E-state index is 0.744. The Morgan fingerprint density at radius 2 is 2.21 bits per heavy atom. The predicted octanol–water partition coefficient (Wildman–Crippen LogP) is 1.04. The summed E-state index contributed by atoms with van der Waals surface area (Å²) in [5.41, 5.74) is 3.71. The van der Waals surface area contributed by atoms with Gasteiger partial charge in [-0.05, 0) is 31.5 Å². The number of rotatable bonds is 3. The number of fused-ring (bicyclic) bond motifs is 1. The number of hydrogen-bond donors (Lipinski definition) is 2. The van der Waals surface area contributed by atoms with Crippen LogP contribution in [0.3, 0.4) is 0 Å². The van der Waals surface area contributed by atoms with Gasteiger partial charge in [-0.2, -0.15) is 0 Å². The minimum atomic E-state index is 0.744. The van der Waals surface area contributed by atoms with E-state index in [9.17, 15) is 0 Å². The number of nitrogens with one attached hydrogen (secondary N) is 1. The van der Waals surface area contributed by atoms with E-state index in [4.69, 9.17) is 5.84 Å². The number of nitrogens with zero attached hydrogens (tertiary/aromatic N) is 3. The second kappa shape index (κ2) is 5.86. The lowest BCUT2D eigenvalue weighted by Crippen LogP contribution is -2.54. The van der Waals surface area contributed by atoms with Crippen molar-refractivity contribution in [3.8, 4) is 0 Å². The van der Waals surface area contributed by atoms with Gasteiger partial charge in [0.1, 0.15) is 5.82 Å². The molecular formula is C14H23N5. The standard InChI is InChI=1S/C14H23N5/c15-17-14-6-3-4-12(16-14)10-18-8-9-19-7-2-1-5-13(19)11-18/h3-4,6,13H,1-2,5,7-11,15H2,(H,16,17). The number of anilines is 1. The van der Waals surface area contributed by atoms with E-state index in [2.05, 4.69) is 26.3 Å². The summed E-state index contributed by atoms with van der Waals surface area (Å²) >= 11 is 0. The van der Waals surface area contributed by atoms with Crippen molar-refractivity contribution < 1.29 is 0 Å². The third-order valence-electron chi connectivity index (χ3n) is 4.26. The van der Waals surface area contributed by atoms with Crippen LogP contribution in [0.15, 0.2) is 18.2 Å². The second-order valence-corrected chi connectivity index (χ2v) is 5.58. The first-order valence-electron chi connectivity index (χ1n) is 7.24. The van der Waals surface area contributed by atoms with E-state index in [1.807, 2.05) is 12.1 Å². The van der Waals surface area contributed by atoms with Crippen molar-refractivity contribution in [3.63, 3.8) is 0 Å². The molecule has 1 aromatic rings. The van der Waals surface area contributed by atoms with Gasteiger partial charge >= 0.3 is 0 Å². The summed E-state index contributed by atoms with van der Waals surface area (Å²) in [5.74, 6) is 6.15. The van der Waals surface area contributed by atoms with Gasteiger partial charge in [0.05, 0.1) is 5.69 Å². The number of nitrogen functional groups attached to an aromatic ring is 1. The number of pyridine rings is 1. The van der Waals surface area contributed by atoms with Crippen molar-refractivity contribution >= 4 is 5.82 Å². The molecule has 2 aliphatic rings. The highest BCUT2D eigenvalue weighted by atomic mass is 15.3. The van der Waals surface area contributed by atoms with E-state index in [0.29, 0.717) is 0 Å². The second-order valence-electron chi connectivity index (χ2n) is 5.58. The van der Waals surface area contributed by atoms with Gasteiger partial charge < -0.3 is 5.43 Å². The Hall–Kier alpha value is -1.17. The molecule has 0 aromatic carbocycles. The van der Waals surface area contributed by atoms with Gasteiger partial charge in [0, 0.05) is 32.2 Å². The van der Waals surface area contributed by atoms with Crippen LogP contribution < -0.4 is 11.3 Å². The molecule has 104 valence electrons. The molecule has 1 aromatic heterocycles. The number of hydrogen-bond acceptors (Lipinski definition) is 5. The van der Waals surface area contributed by atoms with Crippen molar-refractivity contribution in [2.45, 2.75) is 31.8 Å². The highest BCUT2D eigenvalue weighted by Crippen LogP contribution is 2.21. The zero-order valence-corrected chi connectivity index (χ0v) is 11.4. The first-order valence-corrected chi connectivity index (χ1v) is 7.24. The number of nitrogens with two attached hydrogens (primary N) is 1. The monoisotopic (exact) mass is 261 g/mol. The molecule has 3 rings (SSSR count). The van der Waals surface area contributed by atoms with Crippen LogP contribution in [-0.4, -0.2) is 47.0 Å². The smallest absolute Gasteiger partial charge is 0.140 e. The van der Waals surface area contributed by atoms with Gasteiger partial charge in [0.2, 0.25) is 0 Å². The highest BCUT2D eigenvalue weighted by molar-refractivity contribution is 5.33. The van der Waals surface area contributed by atoms with Gasteiger partial charge in [0.15, 0.2) is 0 Å². The van der Waals surface area contributed by atoms with E-state index in [0.717, 1.165) is 30.6 Å². The Morgan fingerprint density at radius 3 is 3.11 bits per heavy atom. The number of piperazine rings is 1. The van der Waals surface area contributed by atoms with Crippen molar-refractivity contribution in [2.24, 2.45) is 5.84 Å². The Kier molecular flexibility index (Phi) is 3.96. The molecule has 5 heteroatoms. The first kappa shape index (κ1) is 12.8. The topological polar surface area (TPSA) is 57.4 Å². The molecule has 2 saturated heterocycles. The maximum Gasteiger partial charge on any atom is 0.140 e. The Labute approximate surface area is 114 Å². The average Bonchev–Trinajstić information content (AvgIpc) is 2.47. The van der Waals surface area contributed by atoms with Crippen LogP contribution >= 0.6 is 0 Å². The van der Waals surface area contributed by atoms with E-state index in [1.165, 1.54) is 38.9 Å². The lowest BCUT2D eigenvalue weighted by molar-refractivity contribution is 0.0451. The fourth-order valence-corrected chi connectivity index (χ4v) is 3.24. The summed E-state index contributed by atoms with van der Waals surface area (Å²) in [4.78, 5) is 9.68. The lowest BCUT2D eigenvalue weighted by atomic mass is 9.99. The largest absolute Gasteiger partial charge is 0.308 e. The summed E-state index contributed by atoms with van der Waals surface area (Å²) in [5, 5.41) is 0. The molecule has 0 spiro atoms. The molecule has 0 radical (unpaired) electrons. The molecule has 0 aliphatic carbocycles. The summed E-state index contributed by atoms with van der Waals surface area (Å²) in [7, 11) is 0. The first-order chi connectivity index (χ1) is 9.35. The molecule has 0 saturated carbocycles. The zero-order chi connectivity index (χ0) is 13.1. The van der Waals surface area contributed by atoms with Gasteiger partial charge in [-0.3, -0.25) is 9.80 Å². The molecule has 19 heavy (non-hydrogen) atoms. The van der Waals surface area contributed by atoms with Gasteiger partial charge in [-0.25, -0.2) is 10.8 Å². The normalized spacial score (nSPS) is 25.0. The summed E-state index contributed by atoms with van der Waals surface area (Å²) < 4.78 is 0. The highest BCUT2D eigenvalue weighted by Gasteiger charge is 2.28. The Bertz CT molecular complexity index is 422. The molecule has 1 atom stereocenters. The SMILES string of the molecule is NNc1cccc(CN2CCN3CCCCC3C2)n1. The van der Waals surface area contributed by atoms with Crippen molar-refractivity contribution in [1.29, 1.82) is 0 Å². The number of piperidine rings is 1. The third kappa shape index (κ3) is 3.05. The Balaban J connectivity index is 1.60. The molecule has 2 aliphatic heterocycles. The van der Waals surface area contributed by atoms with Crippen LogP contribution in [0.2, 0.25) is 0 Å². The molecule has 5 nitrogen and oxygen atoms in total. The summed E-state index contributed by atoms with van der Waals surface area (Å²) in [6.45, 7) is 5.77. The zero-order valence-electron chi connectivity index (χ0n) is 11.4. The van der Waals surface area contributed by atoms with E-state index < -0.39 is 0 Å². The van der Waals surface area contributed by atoms with Crippen molar-refractivity contribution in [3.05, 3.63) is 23.9 Å². The molecule has 0 amide bonds. The quantitative estimate of drug-likeness (QED) is 0.629. The van der Waals surface area contributed by atoms with Crippen LogP contribution in [-0.2, 0) is 6.54 Å². The molecule has 1 unspecified atom stereocenters. The van der Waals surface area contributed by atoms with Crippen LogP contribution in [0.1, 0.15) is 25.0 Å². The van der Waals surface area contributed by atoms with E-state index in [1.54, 1.807) is 0 Å². The van der Waals surface area contributed by atoms with Crippen LogP contribution in [0.5, 0.6) is 0 Å². The molecular weight excluding hydrogens is 238 g/mol. The Morgan fingerprint density at radius 1 is 1.26 bits per heavy atom. The molecule has 3 heterocycles. The van der Waals surface area contributed by atoms with Crippen molar-refractivity contribution in [1.82, 2.24) is 14.8 Å². The maximum absolute atomic E-state index is 5.41. The van der Waals surface area contributed by atoms with Crippen molar-refractivity contribution in [2.75, 3.05) is 31.6 Å². The fraction of sp³-hybridized carbons (Fsp3) is 0.643. The third-order valence-corrected chi connectivity index (χ3v) is 4.26. The number of hydrazine groups is 1. The van der Waals surface area contributed by atoms with Crippen LogP contribution in [0.4, 0.5) is 5.82 Å². The maximum atomic E-state index is 5.41. The molecule has 2 fully saturated rings.